The Kier molecular flexibility index (Phi) is 7.32. The largest absolute Gasteiger partial charge is 0.496 e. The molecule has 0 spiro atoms. The number of fused-ring (bicyclic) bond motifs is 6. The van der Waals surface area contributed by atoms with Gasteiger partial charge in [0.1, 0.15) is 50.6 Å². The van der Waals surface area contributed by atoms with Crippen LogP contribution in [0.2, 0.25) is 0 Å². The fourth-order valence-electron chi connectivity index (χ4n) is 7.01. The summed E-state index contributed by atoms with van der Waals surface area (Å²) in [5, 5.41) is 11.5. The van der Waals surface area contributed by atoms with Crippen LogP contribution in [0.25, 0.3) is 0 Å². The van der Waals surface area contributed by atoms with Crippen molar-refractivity contribution in [3.05, 3.63) is 95.1 Å². The van der Waals surface area contributed by atoms with Crippen LogP contribution in [0.3, 0.4) is 0 Å². The normalized spacial score (nSPS) is 30.1. The lowest BCUT2D eigenvalue weighted by molar-refractivity contribution is -0.917. The van der Waals surface area contributed by atoms with E-state index in [0.29, 0.717) is 6.61 Å². The van der Waals surface area contributed by atoms with Gasteiger partial charge in [0.15, 0.2) is 6.29 Å². The van der Waals surface area contributed by atoms with Crippen molar-refractivity contribution in [2.45, 2.75) is 56.9 Å². The van der Waals surface area contributed by atoms with Gasteiger partial charge < -0.3 is 37.4 Å². The van der Waals surface area contributed by atoms with E-state index >= 15 is 0 Å². The molecule has 5 atom stereocenters. The standard InChI is InChI=1S/C32H40B2N2O6/c1-35(2)17-22-13-15-23(16-14-22)18-36(3,4)20-25-10-6-8-12-27(25)34-41-31-29(37)30-28(39-32(31)42-34)21-38-33(40-30)26-11-7-5-9-24(26)19-35/h5-16,28-32,37H,17-21H2,1-4H3/q+2/t28?,29?,30-,31+,32-/m0/s1. The number of hydrogen-bond donors (Lipinski definition) is 1. The maximum absolute atomic E-state index is 11.5. The van der Waals surface area contributed by atoms with E-state index in [9.17, 15) is 5.11 Å². The Morgan fingerprint density at radius 1 is 0.643 bits per heavy atom. The highest BCUT2D eigenvalue weighted by Gasteiger charge is 2.56. The van der Waals surface area contributed by atoms with Crippen LogP contribution >= 0.6 is 0 Å². The smallest absolute Gasteiger partial charge is 0.404 e. The fraction of sp³-hybridized carbons (Fsp3) is 0.438. The zero-order valence-corrected chi connectivity index (χ0v) is 24.9. The third-order valence-electron chi connectivity index (χ3n) is 8.91. The molecule has 3 fully saturated rings. The second-order valence-electron chi connectivity index (χ2n) is 13.6. The predicted molar refractivity (Wildman–Crippen MR) is 161 cm³/mol. The van der Waals surface area contributed by atoms with Gasteiger partial charge >= 0.3 is 14.2 Å². The number of aliphatic hydroxyl groups is 1. The van der Waals surface area contributed by atoms with Gasteiger partial charge in [-0.25, -0.2) is 0 Å². The average Bonchev–Trinajstić information content (AvgIpc) is 3.38. The summed E-state index contributed by atoms with van der Waals surface area (Å²) in [6, 6.07) is 25.6. The number of rotatable bonds is 0. The first-order valence-corrected chi connectivity index (χ1v) is 14.9. The maximum atomic E-state index is 11.5. The molecule has 0 amide bonds. The van der Waals surface area contributed by atoms with Gasteiger partial charge in [-0.1, -0.05) is 72.8 Å². The van der Waals surface area contributed by atoms with Gasteiger partial charge in [0.2, 0.25) is 0 Å². The summed E-state index contributed by atoms with van der Waals surface area (Å²) in [5.74, 6) is 0. The van der Waals surface area contributed by atoms with Crippen LogP contribution in [0.15, 0.2) is 72.8 Å². The molecule has 2 unspecified atom stereocenters. The summed E-state index contributed by atoms with van der Waals surface area (Å²) >= 11 is 0. The molecule has 0 saturated carbocycles. The lowest BCUT2D eigenvalue weighted by Crippen LogP contribution is -2.64. The molecule has 8 rings (SSSR count). The highest BCUT2D eigenvalue weighted by molar-refractivity contribution is 6.62. The first-order valence-electron chi connectivity index (χ1n) is 14.9. The Labute approximate surface area is 249 Å². The second-order valence-corrected chi connectivity index (χ2v) is 13.6. The van der Waals surface area contributed by atoms with Crippen molar-refractivity contribution >= 4 is 25.2 Å². The monoisotopic (exact) mass is 570 g/mol. The van der Waals surface area contributed by atoms with Crippen LogP contribution in [0.4, 0.5) is 0 Å². The highest BCUT2D eigenvalue weighted by Crippen LogP contribution is 2.34. The van der Waals surface area contributed by atoms with Gasteiger partial charge in [-0.05, 0) is 10.9 Å². The number of nitrogens with zero attached hydrogens (tertiary/aromatic N) is 2. The molecule has 8 nitrogen and oxygen atoms in total. The van der Waals surface area contributed by atoms with Gasteiger partial charge in [0, 0.05) is 22.3 Å². The molecule has 5 aliphatic heterocycles. The van der Waals surface area contributed by atoms with Crippen LogP contribution in [0.1, 0.15) is 22.3 Å². The van der Waals surface area contributed by atoms with Crippen molar-refractivity contribution < 1.29 is 37.4 Å². The van der Waals surface area contributed by atoms with E-state index in [-0.39, 0.29) is 0 Å². The maximum Gasteiger partial charge on any atom is 0.496 e. The first kappa shape index (κ1) is 28.3. The molecule has 6 bridgehead atoms. The van der Waals surface area contributed by atoms with Crippen LogP contribution in [0.5, 0.6) is 0 Å². The van der Waals surface area contributed by atoms with Crippen molar-refractivity contribution in [2.75, 3.05) is 34.8 Å². The van der Waals surface area contributed by atoms with Crippen LogP contribution in [-0.4, -0.2) is 93.8 Å². The number of benzene rings is 3. The summed E-state index contributed by atoms with van der Waals surface area (Å²) in [6.45, 7) is 3.68. The molecule has 3 saturated heterocycles. The Morgan fingerprint density at radius 3 is 1.76 bits per heavy atom. The van der Waals surface area contributed by atoms with Gasteiger partial charge in [0.05, 0.1) is 34.8 Å². The zero-order valence-electron chi connectivity index (χ0n) is 24.9. The fourth-order valence-corrected chi connectivity index (χ4v) is 7.01. The third-order valence-corrected chi connectivity index (χ3v) is 8.91. The highest BCUT2D eigenvalue weighted by atomic mass is 16.8. The van der Waals surface area contributed by atoms with E-state index < -0.39 is 44.9 Å². The van der Waals surface area contributed by atoms with Crippen molar-refractivity contribution in [1.82, 2.24) is 0 Å². The molecule has 3 aromatic carbocycles. The molecule has 218 valence electrons. The Morgan fingerprint density at radius 2 is 1.17 bits per heavy atom. The number of ether oxygens (including phenoxy) is 1. The number of hydrogen-bond acceptors (Lipinski definition) is 6. The third kappa shape index (κ3) is 5.58. The number of aliphatic hydroxyl groups excluding tert-OH is 1. The van der Waals surface area contributed by atoms with E-state index in [1.807, 2.05) is 18.2 Å². The van der Waals surface area contributed by atoms with Gasteiger partial charge in [0.25, 0.3) is 0 Å². The molecule has 0 aromatic heterocycles. The number of quaternary nitrogens is 2. The molecule has 0 aliphatic carbocycles. The lowest BCUT2D eigenvalue weighted by Gasteiger charge is -2.45. The van der Waals surface area contributed by atoms with E-state index in [1.165, 1.54) is 11.1 Å². The van der Waals surface area contributed by atoms with Crippen LogP contribution < -0.4 is 10.9 Å². The summed E-state index contributed by atoms with van der Waals surface area (Å²) in [5.41, 5.74) is 6.85. The van der Waals surface area contributed by atoms with Gasteiger partial charge in [-0.15, -0.1) is 0 Å². The quantitative estimate of drug-likeness (QED) is 0.327. The van der Waals surface area contributed by atoms with E-state index in [4.69, 9.17) is 23.4 Å². The minimum absolute atomic E-state index is 0.296. The summed E-state index contributed by atoms with van der Waals surface area (Å²) in [6.07, 6.45) is -3.33. The molecule has 0 radical (unpaired) electrons. The average molecular weight is 570 g/mol. The molecule has 3 aromatic rings. The Bertz CT molecular complexity index is 1360. The van der Waals surface area contributed by atoms with E-state index in [0.717, 1.165) is 57.2 Å². The zero-order chi connectivity index (χ0) is 29.1. The van der Waals surface area contributed by atoms with Gasteiger partial charge in [-0.2, -0.15) is 0 Å². The Balaban J connectivity index is 1.26. The van der Waals surface area contributed by atoms with Crippen LogP contribution in [0, 0.1) is 0 Å². The molecule has 1 N–H and O–H groups in total. The van der Waals surface area contributed by atoms with Crippen molar-refractivity contribution in [1.29, 1.82) is 0 Å². The molecule has 5 heterocycles. The van der Waals surface area contributed by atoms with E-state index in [2.05, 4.69) is 82.8 Å². The SMILES string of the molecule is C[N+]1(C)Cc2ccc(cc2)C[N+](C)(C)Cc2ccccc2B2O[C@@H]3OC4COB(O[C@@H]4C(O)[C@H]3O2)c2ccccc2C1. The minimum Gasteiger partial charge on any atom is -0.404 e. The summed E-state index contributed by atoms with van der Waals surface area (Å²) in [7, 11) is 7.76. The summed E-state index contributed by atoms with van der Waals surface area (Å²) in [4.78, 5) is 0. The molecular formula is C32H40B2N2O6+2. The molecular weight excluding hydrogens is 530 g/mol. The second kappa shape index (κ2) is 10.9. The minimum atomic E-state index is -0.918. The molecule has 5 aliphatic rings. The van der Waals surface area contributed by atoms with Crippen LogP contribution in [-0.2, 0) is 49.5 Å². The van der Waals surface area contributed by atoms with E-state index in [1.54, 1.807) is 0 Å². The predicted octanol–water partition coefficient (Wildman–Crippen LogP) is 1.56. The van der Waals surface area contributed by atoms with Crippen molar-refractivity contribution in [3.63, 3.8) is 0 Å². The molecule has 10 heteroatoms. The first-order chi connectivity index (χ1) is 20.1. The molecule has 42 heavy (non-hydrogen) atoms. The lowest BCUT2D eigenvalue weighted by atomic mass is 9.73. The van der Waals surface area contributed by atoms with Crippen molar-refractivity contribution in [3.8, 4) is 0 Å². The Hall–Kier alpha value is -2.53. The summed E-state index contributed by atoms with van der Waals surface area (Å²) < 4.78 is 33.2. The van der Waals surface area contributed by atoms with Crippen molar-refractivity contribution in [2.24, 2.45) is 0 Å². The van der Waals surface area contributed by atoms with Gasteiger partial charge in [-0.3, -0.25) is 0 Å². The topological polar surface area (TPSA) is 66.4 Å².